The van der Waals surface area contributed by atoms with Crippen molar-refractivity contribution in [2.75, 3.05) is 0 Å². The summed E-state index contributed by atoms with van der Waals surface area (Å²) in [7, 11) is 0. The van der Waals surface area contributed by atoms with Gasteiger partial charge in [0.15, 0.2) is 5.58 Å². The zero-order chi connectivity index (χ0) is 13.5. The third-order valence-corrected chi connectivity index (χ3v) is 3.62. The van der Waals surface area contributed by atoms with Crippen LogP contribution < -0.4 is 0 Å². The van der Waals surface area contributed by atoms with Crippen LogP contribution in [0.2, 0.25) is 5.02 Å². The molecule has 0 spiro atoms. The van der Waals surface area contributed by atoms with Gasteiger partial charge in [0, 0.05) is 16.0 Å². The molecule has 0 saturated heterocycles. The van der Waals surface area contributed by atoms with Crippen molar-refractivity contribution in [1.82, 2.24) is 4.98 Å². The molecule has 4 rings (SSSR count). The molecule has 0 aliphatic rings. The van der Waals surface area contributed by atoms with Crippen molar-refractivity contribution < 1.29 is 4.42 Å². The first-order valence-corrected chi connectivity index (χ1v) is 6.73. The van der Waals surface area contributed by atoms with Crippen LogP contribution in [0.3, 0.4) is 0 Å². The van der Waals surface area contributed by atoms with Crippen LogP contribution in [0.15, 0.2) is 65.1 Å². The van der Waals surface area contributed by atoms with E-state index in [0.29, 0.717) is 10.9 Å². The fraction of sp³-hybridized carbons (Fsp3) is 0. The normalized spacial score (nSPS) is 11.2. The number of rotatable bonds is 1. The van der Waals surface area contributed by atoms with E-state index in [2.05, 4.69) is 23.2 Å². The summed E-state index contributed by atoms with van der Waals surface area (Å²) in [4.78, 5) is 4.55. The summed E-state index contributed by atoms with van der Waals surface area (Å²) in [5, 5.41) is 2.94. The average molecular weight is 280 g/mol. The molecule has 0 radical (unpaired) electrons. The Morgan fingerprint density at radius 2 is 1.65 bits per heavy atom. The molecule has 0 amide bonds. The summed E-state index contributed by atoms with van der Waals surface area (Å²) in [5.74, 6) is 0.619. The minimum Gasteiger partial charge on any atom is -0.435 e. The Morgan fingerprint density at radius 3 is 2.50 bits per heavy atom. The molecule has 0 atom stereocenters. The van der Waals surface area contributed by atoms with Crippen LogP contribution in [0.25, 0.3) is 33.3 Å². The standard InChI is InChI=1S/C17H10ClNO/c18-13-8-5-12(6-9-13)17-19-15-10-7-11-3-1-2-4-14(11)16(15)20-17/h1-10H. The molecule has 0 unspecified atom stereocenters. The number of benzene rings is 3. The number of aromatic nitrogens is 1. The highest BCUT2D eigenvalue weighted by atomic mass is 35.5. The smallest absolute Gasteiger partial charge is 0.227 e. The van der Waals surface area contributed by atoms with Gasteiger partial charge in [0.2, 0.25) is 5.89 Å². The van der Waals surface area contributed by atoms with Gasteiger partial charge in [0.25, 0.3) is 0 Å². The van der Waals surface area contributed by atoms with Gasteiger partial charge >= 0.3 is 0 Å². The molecular weight excluding hydrogens is 270 g/mol. The first-order valence-electron chi connectivity index (χ1n) is 6.35. The summed E-state index contributed by atoms with van der Waals surface area (Å²) in [6.45, 7) is 0. The predicted octanol–water partition coefficient (Wildman–Crippen LogP) is 5.30. The molecule has 3 heteroatoms. The van der Waals surface area contributed by atoms with Crippen molar-refractivity contribution in [2.45, 2.75) is 0 Å². The molecule has 20 heavy (non-hydrogen) atoms. The van der Waals surface area contributed by atoms with Gasteiger partial charge in [-0.25, -0.2) is 4.98 Å². The molecule has 0 aliphatic heterocycles. The Bertz CT molecular complexity index is 909. The van der Waals surface area contributed by atoms with Crippen molar-refractivity contribution in [2.24, 2.45) is 0 Å². The van der Waals surface area contributed by atoms with E-state index in [-0.39, 0.29) is 0 Å². The second-order valence-electron chi connectivity index (χ2n) is 4.66. The van der Waals surface area contributed by atoms with E-state index in [4.69, 9.17) is 16.0 Å². The second kappa shape index (κ2) is 4.36. The van der Waals surface area contributed by atoms with Crippen LogP contribution in [0.5, 0.6) is 0 Å². The Balaban J connectivity index is 1.98. The van der Waals surface area contributed by atoms with Gasteiger partial charge in [-0.05, 0) is 35.7 Å². The van der Waals surface area contributed by atoms with Crippen LogP contribution in [0.4, 0.5) is 0 Å². The Labute approximate surface area is 120 Å². The van der Waals surface area contributed by atoms with Crippen LogP contribution in [0.1, 0.15) is 0 Å². The molecular formula is C17H10ClNO. The van der Waals surface area contributed by atoms with Gasteiger partial charge in [0.05, 0.1) is 0 Å². The Hall–Kier alpha value is -2.32. The largest absolute Gasteiger partial charge is 0.435 e. The third-order valence-electron chi connectivity index (χ3n) is 3.37. The van der Waals surface area contributed by atoms with Crippen LogP contribution in [-0.2, 0) is 0 Å². The number of halogens is 1. The van der Waals surface area contributed by atoms with Gasteiger partial charge in [-0.1, -0.05) is 41.9 Å². The number of hydrogen-bond donors (Lipinski definition) is 0. The van der Waals surface area contributed by atoms with Crippen molar-refractivity contribution in [3.63, 3.8) is 0 Å². The van der Waals surface area contributed by atoms with Gasteiger partial charge in [-0.3, -0.25) is 0 Å². The number of oxazole rings is 1. The fourth-order valence-corrected chi connectivity index (χ4v) is 2.50. The molecule has 0 N–H and O–H groups in total. The molecule has 4 aromatic rings. The minimum atomic E-state index is 0.619. The molecule has 0 bridgehead atoms. The summed E-state index contributed by atoms with van der Waals surface area (Å²) >= 11 is 5.90. The number of hydrogen-bond acceptors (Lipinski definition) is 2. The monoisotopic (exact) mass is 279 g/mol. The first kappa shape index (κ1) is 11.5. The number of fused-ring (bicyclic) bond motifs is 3. The zero-order valence-electron chi connectivity index (χ0n) is 10.5. The maximum atomic E-state index is 5.95. The topological polar surface area (TPSA) is 26.0 Å². The summed E-state index contributed by atoms with van der Waals surface area (Å²) in [6.07, 6.45) is 0. The van der Waals surface area contributed by atoms with E-state index in [9.17, 15) is 0 Å². The maximum absolute atomic E-state index is 5.95. The lowest BCUT2D eigenvalue weighted by atomic mass is 10.1. The first-order chi connectivity index (χ1) is 9.81. The highest BCUT2D eigenvalue weighted by Crippen LogP contribution is 2.30. The minimum absolute atomic E-state index is 0.619. The van der Waals surface area contributed by atoms with Crippen molar-refractivity contribution in [3.8, 4) is 11.5 Å². The molecule has 96 valence electrons. The molecule has 1 aromatic heterocycles. The van der Waals surface area contributed by atoms with Gasteiger partial charge < -0.3 is 4.42 Å². The van der Waals surface area contributed by atoms with Gasteiger partial charge in [-0.15, -0.1) is 0 Å². The van der Waals surface area contributed by atoms with Crippen LogP contribution >= 0.6 is 11.6 Å². The zero-order valence-corrected chi connectivity index (χ0v) is 11.3. The SMILES string of the molecule is Clc1ccc(-c2nc3ccc4ccccc4c3o2)cc1. The lowest BCUT2D eigenvalue weighted by molar-refractivity contribution is 0.623. The summed E-state index contributed by atoms with van der Waals surface area (Å²) < 4.78 is 5.95. The lowest BCUT2D eigenvalue weighted by Crippen LogP contribution is -1.75. The van der Waals surface area contributed by atoms with E-state index in [1.165, 1.54) is 0 Å². The van der Waals surface area contributed by atoms with Crippen molar-refractivity contribution in [1.29, 1.82) is 0 Å². The lowest BCUT2D eigenvalue weighted by Gasteiger charge is -1.96. The third kappa shape index (κ3) is 1.77. The average Bonchev–Trinajstić information content (AvgIpc) is 2.92. The quantitative estimate of drug-likeness (QED) is 0.472. The molecule has 2 nitrogen and oxygen atoms in total. The molecule has 0 aliphatic carbocycles. The van der Waals surface area contributed by atoms with Crippen molar-refractivity contribution >= 4 is 33.5 Å². The molecule has 0 fully saturated rings. The fourth-order valence-electron chi connectivity index (χ4n) is 2.37. The molecule has 3 aromatic carbocycles. The van der Waals surface area contributed by atoms with Gasteiger partial charge in [-0.2, -0.15) is 0 Å². The Kier molecular flexibility index (Phi) is 2.51. The maximum Gasteiger partial charge on any atom is 0.227 e. The van der Waals surface area contributed by atoms with E-state index < -0.39 is 0 Å². The summed E-state index contributed by atoms with van der Waals surface area (Å²) in [5.41, 5.74) is 2.62. The van der Waals surface area contributed by atoms with E-state index in [0.717, 1.165) is 27.4 Å². The molecule has 0 saturated carbocycles. The second-order valence-corrected chi connectivity index (χ2v) is 5.10. The summed E-state index contributed by atoms with van der Waals surface area (Å²) in [6, 6.07) is 19.7. The highest BCUT2D eigenvalue weighted by Gasteiger charge is 2.10. The Morgan fingerprint density at radius 1 is 0.850 bits per heavy atom. The van der Waals surface area contributed by atoms with E-state index in [1.807, 2.05) is 42.5 Å². The predicted molar refractivity (Wildman–Crippen MR) is 82.0 cm³/mol. The van der Waals surface area contributed by atoms with Crippen LogP contribution in [-0.4, -0.2) is 4.98 Å². The number of nitrogens with zero attached hydrogens (tertiary/aromatic N) is 1. The van der Waals surface area contributed by atoms with E-state index >= 15 is 0 Å². The van der Waals surface area contributed by atoms with Crippen LogP contribution in [0, 0.1) is 0 Å². The van der Waals surface area contributed by atoms with Gasteiger partial charge in [0.1, 0.15) is 5.52 Å². The molecule has 1 heterocycles. The highest BCUT2D eigenvalue weighted by molar-refractivity contribution is 6.30. The van der Waals surface area contributed by atoms with E-state index in [1.54, 1.807) is 0 Å². The van der Waals surface area contributed by atoms with Crippen molar-refractivity contribution in [3.05, 3.63) is 65.7 Å².